The van der Waals surface area contributed by atoms with E-state index in [0.717, 1.165) is 28.9 Å². The molecule has 0 unspecified atom stereocenters. The first-order valence-electron chi connectivity index (χ1n) is 7.99. The molecule has 7 heteroatoms. The van der Waals surface area contributed by atoms with Gasteiger partial charge in [0, 0.05) is 52.9 Å². The number of nitrogens with one attached hydrogen (secondary N) is 2. The van der Waals surface area contributed by atoms with Crippen LogP contribution >= 0.6 is 11.6 Å². The molecule has 126 valence electrons. The Kier molecular flexibility index (Phi) is 4.11. The molecular weight excluding hydrogens is 338 g/mol. The van der Waals surface area contributed by atoms with E-state index < -0.39 is 0 Å². The van der Waals surface area contributed by atoms with E-state index in [1.807, 2.05) is 24.3 Å². The maximum atomic E-state index is 12.6. The van der Waals surface area contributed by atoms with E-state index in [4.69, 9.17) is 11.6 Å². The van der Waals surface area contributed by atoms with E-state index in [0.29, 0.717) is 23.8 Å². The zero-order valence-electron chi connectivity index (χ0n) is 13.4. The van der Waals surface area contributed by atoms with Crippen LogP contribution < -0.4 is 5.32 Å². The van der Waals surface area contributed by atoms with Gasteiger partial charge < -0.3 is 10.2 Å². The molecule has 4 rings (SSSR count). The van der Waals surface area contributed by atoms with Crippen LogP contribution in [0, 0.1) is 0 Å². The van der Waals surface area contributed by atoms with E-state index in [1.165, 1.54) is 0 Å². The number of amides is 2. The van der Waals surface area contributed by atoms with Crippen molar-refractivity contribution in [2.75, 3.05) is 11.9 Å². The summed E-state index contributed by atoms with van der Waals surface area (Å²) in [6.07, 6.45) is 4.25. The highest BCUT2D eigenvalue weighted by atomic mass is 35.5. The van der Waals surface area contributed by atoms with Crippen LogP contribution in [0.15, 0.2) is 48.8 Å². The molecule has 1 aliphatic rings. The Balaban J connectivity index is 1.54. The van der Waals surface area contributed by atoms with Gasteiger partial charge in [-0.1, -0.05) is 17.7 Å². The molecule has 0 spiro atoms. The number of hydrogen-bond acceptors (Lipinski definition) is 3. The van der Waals surface area contributed by atoms with Crippen molar-refractivity contribution >= 4 is 23.3 Å². The molecular formula is C18H16ClN5O. The summed E-state index contributed by atoms with van der Waals surface area (Å²) in [6, 6.07) is 10.8. The lowest BCUT2D eigenvalue weighted by molar-refractivity contribution is 0.206. The van der Waals surface area contributed by atoms with Gasteiger partial charge in [-0.2, -0.15) is 5.10 Å². The van der Waals surface area contributed by atoms with Gasteiger partial charge in [-0.05, 0) is 30.3 Å². The Morgan fingerprint density at radius 2 is 2.20 bits per heavy atom. The molecule has 0 radical (unpaired) electrons. The number of fused-ring (bicyclic) bond motifs is 1. The van der Waals surface area contributed by atoms with Crippen LogP contribution in [0.3, 0.4) is 0 Å². The van der Waals surface area contributed by atoms with Gasteiger partial charge in [0.2, 0.25) is 0 Å². The molecule has 3 heterocycles. The normalized spacial score (nSPS) is 13.4. The second kappa shape index (κ2) is 6.57. The summed E-state index contributed by atoms with van der Waals surface area (Å²) in [5.41, 5.74) is 4.59. The molecule has 1 aromatic carbocycles. The Morgan fingerprint density at radius 1 is 1.28 bits per heavy atom. The maximum absolute atomic E-state index is 12.6. The van der Waals surface area contributed by atoms with Crippen LogP contribution in [0.4, 0.5) is 10.5 Å². The zero-order chi connectivity index (χ0) is 17.2. The minimum absolute atomic E-state index is 0.147. The third kappa shape index (κ3) is 3.21. The molecule has 3 aromatic rings. The SMILES string of the molecule is O=C(Nc1cccc(Cl)c1)N1CCc2[nH]nc(-c3cccnc3)c2C1. The second-order valence-electron chi connectivity index (χ2n) is 5.88. The van der Waals surface area contributed by atoms with Crippen molar-refractivity contribution in [3.8, 4) is 11.3 Å². The first kappa shape index (κ1) is 15.7. The molecule has 2 amide bonds. The Bertz CT molecular complexity index is 909. The first-order chi connectivity index (χ1) is 12.2. The van der Waals surface area contributed by atoms with Gasteiger partial charge in [-0.25, -0.2) is 4.79 Å². The highest BCUT2D eigenvalue weighted by Crippen LogP contribution is 2.28. The molecule has 0 aliphatic carbocycles. The van der Waals surface area contributed by atoms with Gasteiger partial charge in [0.05, 0.1) is 12.2 Å². The van der Waals surface area contributed by atoms with Gasteiger partial charge in [0.25, 0.3) is 0 Å². The van der Waals surface area contributed by atoms with Crippen LogP contribution in [-0.2, 0) is 13.0 Å². The van der Waals surface area contributed by atoms with Gasteiger partial charge in [-0.3, -0.25) is 10.1 Å². The van der Waals surface area contributed by atoms with Crippen molar-refractivity contribution in [3.05, 3.63) is 65.1 Å². The molecule has 0 fully saturated rings. The summed E-state index contributed by atoms with van der Waals surface area (Å²) in [4.78, 5) is 18.5. The zero-order valence-corrected chi connectivity index (χ0v) is 14.1. The molecule has 0 atom stereocenters. The number of hydrogen-bond donors (Lipinski definition) is 2. The Hall–Kier alpha value is -2.86. The largest absolute Gasteiger partial charge is 0.322 e. The van der Waals surface area contributed by atoms with Crippen molar-refractivity contribution in [1.29, 1.82) is 0 Å². The molecule has 0 saturated heterocycles. The Morgan fingerprint density at radius 3 is 3.00 bits per heavy atom. The van der Waals surface area contributed by atoms with Crippen LogP contribution in [0.1, 0.15) is 11.3 Å². The number of H-pyrrole nitrogens is 1. The summed E-state index contributed by atoms with van der Waals surface area (Å²) >= 11 is 5.97. The van der Waals surface area contributed by atoms with Crippen LogP contribution in [0.25, 0.3) is 11.3 Å². The smallest absolute Gasteiger partial charge is 0.320 e. The molecule has 25 heavy (non-hydrogen) atoms. The van der Waals surface area contributed by atoms with Crippen molar-refractivity contribution in [3.63, 3.8) is 0 Å². The van der Waals surface area contributed by atoms with E-state index in [1.54, 1.807) is 29.4 Å². The fraction of sp³-hybridized carbons (Fsp3) is 0.167. The predicted octanol–water partition coefficient (Wildman–Crippen LogP) is 3.72. The summed E-state index contributed by atoms with van der Waals surface area (Å²) in [6.45, 7) is 1.14. The number of anilines is 1. The van der Waals surface area contributed by atoms with Crippen molar-refractivity contribution in [2.45, 2.75) is 13.0 Å². The average molecular weight is 354 g/mol. The number of rotatable bonds is 2. The van der Waals surface area contributed by atoms with Crippen molar-refractivity contribution < 1.29 is 4.79 Å². The molecule has 2 N–H and O–H groups in total. The average Bonchev–Trinajstić information content (AvgIpc) is 3.05. The number of nitrogens with zero attached hydrogens (tertiary/aromatic N) is 3. The predicted molar refractivity (Wildman–Crippen MR) is 96.4 cm³/mol. The van der Waals surface area contributed by atoms with Crippen LogP contribution in [0.5, 0.6) is 0 Å². The summed E-state index contributed by atoms with van der Waals surface area (Å²) in [7, 11) is 0. The number of carbonyl (C=O) groups is 1. The summed E-state index contributed by atoms with van der Waals surface area (Å²) in [5.74, 6) is 0. The number of pyridine rings is 1. The lowest BCUT2D eigenvalue weighted by Crippen LogP contribution is -2.38. The second-order valence-corrected chi connectivity index (χ2v) is 6.32. The topological polar surface area (TPSA) is 73.9 Å². The van der Waals surface area contributed by atoms with Gasteiger partial charge in [-0.15, -0.1) is 0 Å². The van der Waals surface area contributed by atoms with Crippen molar-refractivity contribution in [1.82, 2.24) is 20.1 Å². The minimum atomic E-state index is -0.147. The molecule has 0 bridgehead atoms. The lowest BCUT2D eigenvalue weighted by atomic mass is 10.0. The van der Waals surface area contributed by atoms with Gasteiger partial charge in [0.15, 0.2) is 0 Å². The molecule has 2 aromatic heterocycles. The molecule has 1 aliphatic heterocycles. The Labute approximate surface area is 149 Å². The highest BCUT2D eigenvalue weighted by Gasteiger charge is 2.25. The third-order valence-electron chi connectivity index (χ3n) is 4.23. The number of halogens is 1. The fourth-order valence-corrected chi connectivity index (χ4v) is 3.17. The monoisotopic (exact) mass is 353 g/mol. The van der Waals surface area contributed by atoms with Crippen LogP contribution in [-0.4, -0.2) is 32.7 Å². The van der Waals surface area contributed by atoms with Gasteiger partial charge in [0.1, 0.15) is 0 Å². The highest BCUT2D eigenvalue weighted by molar-refractivity contribution is 6.30. The van der Waals surface area contributed by atoms with Crippen LogP contribution in [0.2, 0.25) is 5.02 Å². The van der Waals surface area contributed by atoms with Gasteiger partial charge >= 0.3 is 6.03 Å². The summed E-state index contributed by atoms with van der Waals surface area (Å²) in [5, 5.41) is 11.0. The van der Waals surface area contributed by atoms with Crippen molar-refractivity contribution in [2.24, 2.45) is 0 Å². The fourth-order valence-electron chi connectivity index (χ4n) is 2.98. The number of benzene rings is 1. The third-order valence-corrected chi connectivity index (χ3v) is 4.47. The maximum Gasteiger partial charge on any atom is 0.322 e. The molecule has 6 nitrogen and oxygen atoms in total. The number of carbonyl (C=O) groups excluding carboxylic acids is 1. The van der Waals surface area contributed by atoms with E-state index in [9.17, 15) is 4.79 Å². The number of aromatic amines is 1. The number of urea groups is 1. The number of aromatic nitrogens is 3. The standard InChI is InChI=1S/C18H16ClN5O/c19-13-4-1-5-14(9-13)21-18(25)24-8-6-16-15(11-24)17(23-22-16)12-3-2-7-20-10-12/h1-5,7,9-10H,6,8,11H2,(H,21,25)(H,22,23). The minimum Gasteiger partial charge on any atom is -0.320 e. The van der Waals surface area contributed by atoms with E-state index in [-0.39, 0.29) is 6.03 Å². The quantitative estimate of drug-likeness (QED) is 0.737. The first-order valence-corrected chi connectivity index (χ1v) is 8.36. The summed E-state index contributed by atoms with van der Waals surface area (Å²) < 4.78 is 0. The lowest BCUT2D eigenvalue weighted by Gasteiger charge is -2.27. The van der Waals surface area contributed by atoms with E-state index in [2.05, 4.69) is 20.5 Å². The van der Waals surface area contributed by atoms with E-state index >= 15 is 0 Å². The molecule has 0 saturated carbocycles.